The molecule has 0 aliphatic heterocycles. The average molecular weight is 495 g/mol. The van der Waals surface area contributed by atoms with Crippen molar-refractivity contribution in [3.05, 3.63) is 59.9 Å². The second-order valence-electron chi connectivity index (χ2n) is 10.5. The molecule has 3 rings (SSSR count). The van der Waals surface area contributed by atoms with E-state index in [1.54, 1.807) is 39.0 Å². The molecule has 9 heteroatoms. The lowest BCUT2D eigenvalue weighted by atomic mass is 10.1. The quantitative estimate of drug-likeness (QED) is 0.468. The van der Waals surface area contributed by atoms with Crippen LogP contribution < -0.4 is 10.6 Å². The van der Waals surface area contributed by atoms with E-state index >= 15 is 0 Å². The van der Waals surface area contributed by atoms with Crippen LogP contribution >= 0.6 is 0 Å². The predicted molar refractivity (Wildman–Crippen MR) is 136 cm³/mol. The van der Waals surface area contributed by atoms with Crippen LogP contribution in [0, 0.1) is 0 Å². The number of aromatic nitrogens is 2. The van der Waals surface area contributed by atoms with Gasteiger partial charge in [-0.15, -0.1) is 0 Å². The van der Waals surface area contributed by atoms with Crippen LogP contribution in [0.15, 0.2) is 48.8 Å². The number of esters is 1. The van der Waals surface area contributed by atoms with Gasteiger partial charge in [0.2, 0.25) is 0 Å². The van der Waals surface area contributed by atoms with Crippen molar-refractivity contribution in [1.29, 1.82) is 0 Å². The summed E-state index contributed by atoms with van der Waals surface area (Å²) in [4.78, 5) is 41.0. The number of hydrogen-bond donors (Lipinski definition) is 2. The topological polar surface area (TPSA) is 111 Å². The van der Waals surface area contributed by atoms with Gasteiger partial charge in [-0.3, -0.25) is 9.59 Å². The van der Waals surface area contributed by atoms with Crippen molar-refractivity contribution in [1.82, 2.24) is 20.0 Å². The van der Waals surface area contributed by atoms with E-state index in [1.165, 1.54) is 0 Å². The van der Waals surface area contributed by atoms with Crippen molar-refractivity contribution in [2.45, 2.75) is 65.7 Å². The largest absolute Gasteiger partial charge is 0.460 e. The zero-order valence-corrected chi connectivity index (χ0v) is 21.7. The number of alkyl carbamates (subject to hydrolysis) is 1. The Balaban J connectivity index is 1.64. The Labute approximate surface area is 211 Å². The van der Waals surface area contributed by atoms with E-state index in [9.17, 15) is 14.4 Å². The minimum atomic E-state index is -0.559. The molecular formula is C27H34N4O5. The first-order valence-corrected chi connectivity index (χ1v) is 11.8. The van der Waals surface area contributed by atoms with Crippen molar-refractivity contribution >= 4 is 23.6 Å². The third kappa shape index (κ3) is 8.11. The van der Waals surface area contributed by atoms with Crippen LogP contribution in [0.2, 0.25) is 0 Å². The number of ether oxygens (including phenoxy) is 2. The number of benzene rings is 1. The molecule has 0 radical (unpaired) electrons. The Morgan fingerprint density at radius 1 is 0.917 bits per heavy atom. The molecule has 192 valence electrons. The minimum absolute atomic E-state index is 0.0975. The number of pyridine rings is 1. The summed E-state index contributed by atoms with van der Waals surface area (Å²) in [5.74, 6) is -0.637. The lowest BCUT2D eigenvalue weighted by Gasteiger charge is -2.19. The highest BCUT2D eigenvalue weighted by Gasteiger charge is 2.17. The van der Waals surface area contributed by atoms with Crippen molar-refractivity contribution in [3.63, 3.8) is 0 Å². The Kier molecular flexibility index (Phi) is 8.02. The van der Waals surface area contributed by atoms with Crippen molar-refractivity contribution < 1.29 is 23.9 Å². The summed E-state index contributed by atoms with van der Waals surface area (Å²) in [6.45, 7) is 11.4. The smallest absolute Gasteiger partial charge is 0.407 e. The number of carbonyl (C=O) groups is 3. The monoisotopic (exact) mass is 494 g/mol. The fourth-order valence-electron chi connectivity index (χ4n) is 3.36. The predicted octanol–water partition coefficient (Wildman–Crippen LogP) is 4.49. The molecule has 2 aromatic heterocycles. The SMILES string of the molecule is CC(C)(C)OC(=O)CCNC(=O)c1cccc(-c2cn3cc(CNC(=O)OC(C)(C)C)ccc3n2)c1. The van der Waals surface area contributed by atoms with Crippen LogP contribution in [0.3, 0.4) is 0 Å². The van der Waals surface area contributed by atoms with Gasteiger partial charge >= 0.3 is 12.1 Å². The maximum absolute atomic E-state index is 12.6. The summed E-state index contributed by atoms with van der Waals surface area (Å²) >= 11 is 0. The highest BCUT2D eigenvalue weighted by Crippen LogP contribution is 2.21. The molecule has 0 saturated heterocycles. The molecule has 0 aliphatic carbocycles. The van der Waals surface area contributed by atoms with Crippen molar-refractivity contribution in [3.8, 4) is 11.3 Å². The Bertz CT molecular complexity index is 1250. The summed E-state index contributed by atoms with van der Waals surface area (Å²) < 4.78 is 12.4. The molecule has 9 nitrogen and oxygen atoms in total. The van der Waals surface area contributed by atoms with E-state index in [-0.39, 0.29) is 24.8 Å². The van der Waals surface area contributed by atoms with Crippen molar-refractivity contribution in [2.24, 2.45) is 0 Å². The van der Waals surface area contributed by atoms with Gasteiger partial charge in [-0.2, -0.15) is 0 Å². The molecule has 0 saturated carbocycles. The Morgan fingerprint density at radius 2 is 1.64 bits per heavy atom. The second kappa shape index (κ2) is 10.8. The Morgan fingerprint density at radius 3 is 2.33 bits per heavy atom. The number of imidazole rings is 1. The molecule has 2 amide bonds. The van der Waals surface area contributed by atoms with Gasteiger partial charge in [0.15, 0.2) is 0 Å². The number of amides is 2. The first-order chi connectivity index (χ1) is 16.8. The van der Waals surface area contributed by atoms with E-state index in [4.69, 9.17) is 9.47 Å². The van der Waals surface area contributed by atoms with E-state index in [1.807, 2.05) is 55.8 Å². The van der Waals surface area contributed by atoms with Gasteiger partial charge < -0.3 is 24.5 Å². The molecule has 0 spiro atoms. The number of fused-ring (bicyclic) bond motifs is 1. The number of rotatable bonds is 7. The molecule has 3 aromatic rings. The van der Waals surface area contributed by atoms with Crippen LogP contribution in [0.25, 0.3) is 16.9 Å². The Hall–Kier alpha value is -3.88. The summed E-state index contributed by atoms with van der Waals surface area (Å²) in [5.41, 5.74) is 2.46. The number of hydrogen-bond acceptors (Lipinski definition) is 6. The fourth-order valence-corrected chi connectivity index (χ4v) is 3.36. The van der Waals surface area contributed by atoms with Gasteiger partial charge in [0, 0.05) is 36.6 Å². The number of carbonyl (C=O) groups excluding carboxylic acids is 3. The summed E-state index contributed by atoms with van der Waals surface area (Å²) in [6.07, 6.45) is 3.37. The van der Waals surface area contributed by atoms with Crippen LogP contribution in [0.4, 0.5) is 4.79 Å². The van der Waals surface area contributed by atoms with Gasteiger partial charge in [0.25, 0.3) is 5.91 Å². The molecule has 0 aliphatic rings. The van der Waals surface area contributed by atoms with Crippen LogP contribution in [0.1, 0.15) is 63.9 Å². The maximum atomic E-state index is 12.6. The molecule has 0 unspecified atom stereocenters. The van der Waals surface area contributed by atoms with E-state index in [0.29, 0.717) is 17.8 Å². The summed E-state index contributed by atoms with van der Waals surface area (Å²) in [7, 11) is 0. The second-order valence-corrected chi connectivity index (χ2v) is 10.5. The van der Waals surface area contributed by atoms with Gasteiger partial charge in [0.1, 0.15) is 16.8 Å². The maximum Gasteiger partial charge on any atom is 0.407 e. The van der Waals surface area contributed by atoms with Gasteiger partial charge in [-0.1, -0.05) is 18.2 Å². The zero-order valence-electron chi connectivity index (χ0n) is 21.7. The van der Waals surface area contributed by atoms with Gasteiger partial charge in [-0.25, -0.2) is 9.78 Å². The molecule has 1 aromatic carbocycles. The van der Waals surface area contributed by atoms with Crippen LogP contribution in [-0.4, -0.2) is 45.1 Å². The molecule has 0 bridgehead atoms. The van der Waals surface area contributed by atoms with E-state index in [2.05, 4.69) is 15.6 Å². The highest BCUT2D eigenvalue weighted by atomic mass is 16.6. The minimum Gasteiger partial charge on any atom is -0.460 e. The number of nitrogens with zero attached hydrogens (tertiary/aromatic N) is 2. The van der Waals surface area contributed by atoms with Crippen molar-refractivity contribution in [2.75, 3.05) is 6.54 Å². The molecule has 2 heterocycles. The van der Waals surface area contributed by atoms with Gasteiger partial charge in [-0.05, 0) is 65.3 Å². The van der Waals surface area contributed by atoms with Gasteiger partial charge in [0.05, 0.1) is 12.1 Å². The third-order valence-corrected chi connectivity index (χ3v) is 4.80. The fraction of sp³-hybridized carbons (Fsp3) is 0.407. The normalized spacial score (nSPS) is 11.7. The first-order valence-electron chi connectivity index (χ1n) is 11.8. The average Bonchev–Trinajstić information content (AvgIpc) is 3.19. The van der Waals surface area contributed by atoms with Crippen LogP contribution in [-0.2, 0) is 20.8 Å². The van der Waals surface area contributed by atoms with Crippen LogP contribution in [0.5, 0.6) is 0 Å². The number of nitrogens with one attached hydrogen (secondary N) is 2. The first kappa shape index (κ1) is 26.7. The van der Waals surface area contributed by atoms with E-state index in [0.717, 1.165) is 16.8 Å². The lowest BCUT2D eigenvalue weighted by Crippen LogP contribution is -2.32. The molecule has 0 atom stereocenters. The van der Waals surface area contributed by atoms with E-state index < -0.39 is 17.3 Å². The standard InChI is InChI=1S/C27H34N4O5/c1-26(2,3)35-23(32)12-13-28-24(33)20-9-7-8-19(14-20)21-17-31-16-18(10-11-22(31)30-21)15-29-25(34)36-27(4,5)6/h7-11,14,16-17H,12-13,15H2,1-6H3,(H,28,33)(H,29,34). The summed E-state index contributed by atoms with van der Waals surface area (Å²) in [5, 5.41) is 5.50. The molecule has 0 fully saturated rings. The third-order valence-electron chi connectivity index (χ3n) is 4.80. The summed E-state index contributed by atoms with van der Waals surface area (Å²) in [6, 6.07) is 10.9. The molecular weight excluding hydrogens is 460 g/mol. The molecule has 2 N–H and O–H groups in total. The highest BCUT2D eigenvalue weighted by molar-refractivity contribution is 5.95. The zero-order chi connectivity index (χ0) is 26.5. The molecule has 36 heavy (non-hydrogen) atoms. The lowest BCUT2D eigenvalue weighted by molar-refractivity contribution is -0.154.